The second kappa shape index (κ2) is 6.57. The summed E-state index contributed by atoms with van der Waals surface area (Å²) in [4.78, 5) is 11.6. The lowest BCUT2D eigenvalue weighted by Crippen LogP contribution is -2.41. The minimum atomic E-state index is -0.109. The maximum Gasteiger partial charge on any atom is 0.314 e. The highest BCUT2D eigenvalue weighted by Gasteiger charge is 2.44. The van der Waals surface area contributed by atoms with Crippen molar-refractivity contribution in [1.82, 2.24) is 10.6 Å². The Kier molecular flexibility index (Phi) is 4.80. The Morgan fingerprint density at radius 3 is 2.63 bits per heavy atom. The van der Waals surface area contributed by atoms with Gasteiger partial charge in [0.2, 0.25) is 0 Å². The Morgan fingerprint density at radius 1 is 1.26 bits per heavy atom. The molecule has 0 bridgehead atoms. The van der Waals surface area contributed by atoms with Crippen molar-refractivity contribution in [2.75, 3.05) is 26.3 Å². The van der Waals surface area contributed by atoms with Crippen LogP contribution in [-0.4, -0.2) is 32.3 Å². The Labute approximate surface area is 114 Å². The zero-order valence-electron chi connectivity index (χ0n) is 11.4. The van der Waals surface area contributed by atoms with Crippen LogP contribution in [-0.2, 0) is 10.2 Å². The minimum absolute atomic E-state index is 0.109. The number of rotatable bonds is 7. The normalized spacial score (nSPS) is 15.8. The van der Waals surface area contributed by atoms with Gasteiger partial charge in [0.15, 0.2) is 0 Å². The lowest BCUT2D eigenvalue weighted by atomic mass is 9.96. The molecule has 2 rings (SSSR count). The molecule has 1 aromatic rings. The van der Waals surface area contributed by atoms with E-state index in [2.05, 4.69) is 34.9 Å². The summed E-state index contributed by atoms with van der Waals surface area (Å²) in [5, 5.41) is 5.75. The van der Waals surface area contributed by atoms with Crippen LogP contribution in [0.25, 0.3) is 0 Å². The maximum atomic E-state index is 11.6. The predicted octanol–water partition coefficient (Wildman–Crippen LogP) is 2.05. The number of carbonyl (C=O) groups is 1. The van der Waals surface area contributed by atoms with Crippen molar-refractivity contribution in [3.05, 3.63) is 35.9 Å². The molecular formula is C15H22N2O2. The zero-order valence-corrected chi connectivity index (χ0v) is 11.4. The number of amides is 2. The SMILES string of the molecule is CCOCCNC(=O)NCC1(c2ccccc2)CC1. The van der Waals surface area contributed by atoms with Gasteiger partial charge in [-0.05, 0) is 25.3 Å². The van der Waals surface area contributed by atoms with Gasteiger partial charge in [-0.15, -0.1) is 0 Å². The number of ether oxygens (including phenoxy) is 1. The van der Waals surface area contributed by atoms with Gasteiger partial charge in [0, 0.05) is 25.1 Å². The molecule has 0 aliphatic heterocycles. The molecule has 19 heavy (non-hydrogen) atoms. The van der Waals surface area contributed by atoms with Crippen molar-refractivity contribution in [1.29, 1.82) is 0 Å². The fourth-order valence-electron chi connectivity index (χ4n) is 2.20. The average molecular weight is 262 g/mol. The van der Waals surface area contributed by atoms with Gasteiger partial charge in [0.1, 0.15) is 0 Å². The zero-order chi connectivity index (χ0) is 13.6. The van der Waals surface area contributed by atoms with Crippen molar-refractivity contribution in [3.63, 3.8) is 0 Å². The molecule has 4 nitrogen and oxygen atoms in total. The van der Waals surface area contributed by atoms with Crippen molar-refractivity contribution in [2.45, 2.75) is 25.2 Å². The van der Waals surface area contributed by atoms with Gasteiger partial charge in [-0.2, -0.15) is 0 Å². The van der Waals surface area contributed by atoms with Crippen LogP contribution in [0.5, 0.6) is 0 Å². The van der Waals surface area contributed by atoms with Gasteiger partial charge < -0.3 is 15.4 Å². The molecule has 0 heterocycles. The number of carbonyl (C=O) groups excluding carboxylic acids is 1. The molecule has 0 aromatic heterocycles. The summed E-state index contributed by atoms with van der Waals surface area (Å²) in [7, 11) is 0. The highest BCUT2D eigenvalue weighted by Crippen LogP contribution is 2.47. The van der Waals surface area contributed by atoms with Crippen LogP contribution < -0.4 is 10.6 Å². The maximum absolute atomic E-state index is 11.6. The summed E-state index contributed by atoms with van der Waals surface area (Å²) in [5.74, 6) is 0. The van der Waals surface area contributed by atoms with Crippen molar-refractivity contribution < 1.29 is 9.53 Å². The van der Waals surface area contributed by atoms with E-state index in [-0.39, 0.29) is 11.4 Å². The Morgan fingerprint density at radius 2 is 2.00 bits per heavy atom. The highest BCUT2D eigenvalue weighted by molar-refractivity contribution is 5.74. The van der Waals surface area contributed by atoms with Crippen LogP contribution >= 0.6 is 0 Å². The minimum Gasteiger partial charge on any atom is -0.380 e. The van der Waals surface area contributed by atoms with E-state index in [1.165, 1.54) is 5.56 Å². The topological polar surface area (TPSA) is 50.4 Å². The van der Waals surface area contributed by atoms with E-state index < -0.39 is 0 Å². The fourth-order valence-corrected chi connectivity index (χ4v) is 2.20. The number of hydrogen-bond donors (Lipinski definition) is 2. The summed E-state index contributed by atoms with van der Waals surface area (Å²) < 4.78 is 5.17. The number of benzene rings is 1. The molecule has 0 unspecified atom stereocenters. The van der Waals surface area contributed by atoms with Crippen LogP contribution in [0.3, 0.4) is 0 Å². The summed E-state index contributed by atoms with van der Waals surface area (Å²) in [6, 6.07) is 10.3. The molecule has 1 fully saturated rings. The highest BCUT2D eigenvalue weighted by atomic mass is 16.5. The van der Waals surface area contributed by atoms with Crippen molar-refractivity contribution >= 4 is 6.03 Å². The quantitative estimate of drug-likeness (QED) is 0.739. The van der Waals surface area contributed by atoms with Gasteiger partial charge >= 0.3 is 6.03 Å². The molecule has 0 atom stereocenters. The standard InChI is InChI=1S/C15H22N2O2/c1-2-19-11-10-16-14(18)17-12-15(8-9-15)13-6-4-3-5-7-13/h3-7H,2,8-12H2,1H3,(H2,16,17,18). The number of hydrogen-bond acceptors (Lipinski definition) is 2. The summed E-state index contributed by atoms with van der Waals surface area (Å²) in [6.07, 6.45) is 2.30. The Hall–Kier alpha value is -1.55. The summed E-state index contributed by atoms with van der Waals surface area (Å²) in [5.41, 5.74) is 1.49. The van der Waals surface area contributed by atoms with Gasteiger partial charge in [0.05, 0.1) is 6.61 Å². The lowest BCUT2D eigenvalue weighted by Gasteiger charge is -2.16. The van der Waals surface area contributed by atoms with E-state index in [4.69, 9.17) is 4.74 Å². The molecule has 1 aromatic carbocycles. The van der Waals surface area contributed by atoms with Gasteiger partial charge in [-0.3, -0.25) is 0 Å². The van der Waals surface area contributed by atoms with Gasteiger partial charge in [-0.1, -0.05) is 30.3 Å². The van der Waals surface area contributed by atoms with Gasteiger partial charge in [-0.25, -0.2) is 4.79 Å². The van der Waals surface area contributed by atoms with E-state index in [1.54, 1.807) is 0 Å². The third kappa shape index (κ3) is 3.96. The molecule has 2 amide bonds. The van der Waals surface area contributed by atoms with Crippen LogP contribution in [0.4, 0.5) is 4.79 Å². The summed E-state index contributed by atoms with van der Waals surface area (Å²) >= 11 is 0. The van der Waals surface area contributed by atoms with Crippen molar-refractivity contribution in [3.8, 4) is 0 Å². The van der Waals surface area contributed by atoms with E-state index >= 15 is 0 Å². The van der Waals surface area contributed by atoms with E-state index in [0.29, 0.717) is 26.3 Å². The third-order valence-corrected chi connectivity index (χ3v) is 3.56. The molecule has 1 aliphatic rings. The first-order valence-corrected chi connectivity index (χ1v) is 6.92. The first-order chi connectivity index (χ1) is 9.27. The van der Waals surface area contributed by atoms with Crippen molar-refractivity contribution in [2.24, 2.45) is 0 Å². The first-order valence-electron chi connectivity index (χ1n) is 6.92. The second-order valence-electron chi connectivity index (χ2n) is 4.95. The molecule has 4 heteroatoms. The molecule has 0 saturated heterocycles. The number of nitrogens with one attached hydrogen (secondary N) is 2. The lowest BCUT2D eigenvalue weighted by molar-refractivity contribution is 0.149. The molecule has 0 spiro atoms. The molecule has 104 valence electrons. The monoisotopic (exact) mass is 262 g/mol. The van der Waals surface area contributed by atoms with Crippen LogP contribution in [0.15, 0.2) is 30.3 Å². The van der Waals surface area contributed by atoms with E-state index in [0.717, 1.165) is 12.8 Å². The average Bonchev–Trinajstić information content (AvgIpc) is 3.24. The van der Waals surface area contributed by atoms with Crippen LogP contribution in [0.1, 0.15) is 25.3 Å². The first kappa shape index (κ1) is 13.9. The largest absolute Gasteiger partial charge is 0.380 e. The molecule has 1 saturated carbocycles. The third-order valence-electron chi connectivity index (χ3n) is 3.56. The molecular weight excluding hydrogens is 240 g/mol. The second-order valence-corrected chi connectivity index (χ2v) is 4.95. The van der Waals surface area contributed by atoms with E-state index in [9.17, 15) is 4.79 Å². The predicted molar refractivity (Wildman–Crippen MR) is 75.2 cm³/mol. The molecule has 1 aliphatic carbocycles. The molecule has 2 N–H and O–H groups in total. The van der Waals surface area contributed by atoms with E-state index in [1.807, 2.05) is 13.0 Å². The summed E-state index contributed by atoms with van der Waals surface area (Å²) in [6.45, 7) is 4.44. The van der Waals surface area contributed by atoms with Crippen LogP contribution in [0.2, 0.25) is 0 Å². The Bertz CT molecular complexity index is 402. The van der Waals surface area contributed by atoms with Crippen LogP contribution in [0, 0.1) is 0 Å². The smallest absolute Gasteiger partial charge is 0.314 e. The Balaban J connectivity index is 1.72. The molecule has 0 radical (unpaired) electrons. The van der Waals surface area contributed by atoms with Gasteiger partial charge in [0.25, 0.3) is 0 Å². The fraction of sp³-hybridized carbons (Fsp3) is 0.533. The number of urea groups is 1.